The van der Waals surface area contributed by atoms with Gasteiger partial charge in [0.15, 0.2) is 6.29 Å². The second kappa shape index (κ2) is 3.53. The van der Waals surface area contributed by atoms with E-state index in [1.54, 1.807) is 18.2 Å². The number of hydrogen-bond acceptors (Lipinski definition) is 3. The van der Waals surface area contributed by atoms with E-state index in [1.807, 2.05) is 0 Å². The zero-order valence-corrected chi connectivity index (χ0v) is 9.15. The molecule has 0 radical (unpaired) electrons. The van der Waals surface area contributed by atoms with Gasteiger partial charge in [-0.2, -0.15) is 0 Å². The third-order valence-electron chi connectivity index (χ3n) is 1.89. The first kappa shape index (κ1) is 9.39. The van der Waals surface area contributed by atoms with Crippen molar-refractivity contribution >= 4 is 39.8 Å². The van der Waals surface area contributed by atoms with Crippen LogP contribution < -0.4 is 5.63 Å². The van der Waals surface area contributed by atoms with Crippen LogP contribution in [-0.4, -0.2) is 6.29 Å². The molecular weight excluding hydrogens is 295 g/mol. The highest BCUT2D eigenvalue weighted by Crippen LogP contribution is 2.21. The molecule has 0 atom stereocenters. The van der Waals surface area contributed by atoms with Gasteiger partial charge >= 0.3 is 5.63 Å². The summed E-state index contributed by atoms with van der Waals surface area (Å²) in [7, 11) is 0. The molecule has 0 amide bonds. The summed E-state index contributed by atoms with van der Waals surface area (Å²) in [5.41, 5.74) is 0.728. The molecule has 2 aromatic rings. The molecular formula is C10H5IO3. The Hall–Kier alpha value is -1.17. The minimum atomic E-state index is -0.382. The summed E-state index contributed by atoms with van der Waals surface area (Å²) >= 11 is 2.06. The fourth-order valence-electron chi connectivity index (χ4n) is 1.22. The van der Waals surface area contributed by atoms with E-state index in [1.165, 1.54) is 6.07 Å². The molecule has 2 rings (SSSR count). The fourth-order valence-corrected chi connectivity index (χ4v) is 1.97. The number of aldehydes is 1. The largest absolute Gasteiger partial charge is 0.423 e. The molecule has 0 spiro atoms. The average Bonchev–Trinajstić information content (AvgIpc) is 2.18. The lowest BCUT2D eigenvalue weighted by Crippen LogP contribution is -1.96. The lowest BCUT2D eigenvalue weighted by molar-refractivity contribution is 0.112. The molecule has 0 saturated carbocycles. The van der Waals surface area contributed by atoms with E-state index in [-0.39, 0.29) is 5.63 Å². The Labute approximate surface area is 92.9 Å². The molecule has 0 aliphatic carbocycles. The number of rotatable bonds is 1. The molecule has 0 unspecified atom stereocenters. The standard InChI is InChI=1S/C10H5IO3/c11-10-6(5-12)1-3-8-7(10)2-4-9(13)14-8/h1-5H. The normalized spacial score (nSPS) is 10.4. The predicted molar refractivity (Wildman–Crippen MR) is 60.6 cm³/mol. The van der Waals surface area contributed by atoms with Gasteiger partial charge in [0.25, 0.3) is 0 Å². The Kier molecular flexibility index (Phi) is 2.37. The van der Waals surface area contributed by atoms with Crippen LogP contribution in [0.25, 0.3) is 11.0 Å². The maximum Gasteiger partial charge on any atom is 0.336 e. The van der Waals surface area contributed by atoms with Gasteiger partial charge in [-0.3, -0.25) is 4.79 Å². The maximum absolute atomic E-state index is 10.9. The van der Waals surface area contributed by atoms with Crippen molar-refractivity contribution < 1.29 is 9.21 Å². The van der Waals surface area contributed by atoms with Gasteiger partial charge in [0.1, 0.15) is 5.58 Å². The number of benzene rings is 1. The summed E-state index contributed by atoms with van der Waals surface area (Å²) in [6.45, 7) is 0. The molecule has 0 N–H and O–H groups in total. The predicted octanol–water partition coefficient (Wildman–Crippen LogP) is 2.21. The van der Waals surface area contributed by atoms with Gasteiger partial charge in [0.05, 0.1) is 0 Å². The number of carbonyl (C=O) groups is 1. The van der Waals surface area contributed by atoms with Gasteiger partial charge in [-0.1, -0.05) is 0 Å². The number of carbonyl (C=O) groups excluding carboxylic acids is 1. The first-order chi connectivity index (χ1) is 6.72. The lowest BCUT2D eigenvalue weighted by Gasteiger charge is -2.00. The fraction of sp³-hybridized carbons (Fsp3) is 0. The topological polar surface area (TPSA) is 47.3 Å². The first-order valence-electron chi connectivity index (χ1n) is 3.90. The van der Waals surface area contributed by atoms with Crippen LogP contribution in [0.5, 0.6) is 0 Å². The highest BCUT2D eigenvalue weighted by atomic mass is 127. The van der Waals surface area contributed by atoms with Crippen molar-refractivity contribution in [3.8, 4) is 0 Å². The molecule has 3 nitrogen and oxygen atoms in total. The second-order valence-corrected chi connectivity index (χ2v) is 3.83. The van der Waals surface area contributed by atoms with Crippen molar-refractivity contribution in [2.24, 2.45) is 0 Å². The molecule has 14 heavy (non-hydrogen) atoms. The Morgan fingerprint density at radius 3 is 2.71 bits per heavy atom. The van der Waals surface area contributed by atoms with E-state index in [9.17, 15) is 9.59 Å². The zero-order chi connectivity index (χ0) is 10.1. The Bertz CT molecular complexity index is 557. The Balaban J connectivity index is 2.90. The van der Waals surface area contributed by atoms with Crippen molar-refractivity contribution in [1.82, 2.24) is 0 Å². The van der Waals surface area contributed by atoms with Crippen molar-refractivity contribution in [2.75, 3.05) is 0 Å². The van der Waals surface area contributed by atoms with Crippen molar-refractivity contribution in [3.05, 3.63) is 43.8 Å². The lowest BCUT2D eigenvalue weighted by atomic mass is 10.1. The summed E-state index contributed by atoms with van der Waals surface area (Å²) < 4.78 is 5.77. The van der Waals surface area contributed by atoms with Crippen LogP contribution in [0, 0.1) is 3.57 Å². The van der Waals surface area contributed by atoms with Gasteiger partial charge in [0.2, 0.25) is 0 Å². The number of halogens is 1. The molecule has 1 aromatic carbocycles. The van der Waals surface area contributed by atoms with E-state index in [0.717, 1.165) is 15.2 Å². The van der Waals surface area contributed by atoms with Crippen LogP contribution in [0.4, 0.5) is 0 Å². The van der Waals surface area contributed by atoms with Crippen LogP contribution in [0.2, 0.25) is 0 Å². The van der Waals surface area contributed by atoms with Gasteiger partial charge in [-0.15, -0.1) is 0 Å². The van der Waals surface area contributed by atoms with Crippen LogP contribution in [-0.2, 0) is 0 Å². The summed E-state index contributed by atoms with van der Waals surface area (Å²) in [4.78, 5) is 21.6. The Morgan fingerprint density at radius 2 is 2.00 bits per heavy atom. The molecule has 1 aromatic heterocycles. The molecule has 0 bridgehead atoms. The van der Waals surface area contributed by atoms with Gasteiger partial charge in [-0.05, 0) is 40.8 Å². The van der Waals surface area contributed by atoms with Gasteiger partial charge < -0.3 is 4.42 Å². The van der Waals surface area contributed by atoms with Crippen LogP contribution in [0.15, 0.2) is 33.5 Å². The van der Waals surface area contributed by atoms with Crippen molar-refractivity contribution in [3.63, 3.8) is 0 Å². The second-order valence-electron chi connectivity index (χ2n) is 2.75. The summed E-state index contributed by atoms with van der Waals surface area (Å²) in [6, 6.07) is 6.28. The molecule has 0 saturated heterocycles. The highest BCUT2D eigenvalue weighted by molar-refractivity contribution is 14.1. The van der Waals surface area contributed by atoms with E-state index in [2.05, 4.69) is 22.6 Å². The third kappa shape index (κ3) is 1.45. The quantitative estimate of drug-likeness (QED) is 0.461. The van der Waals surface area contributed by atoms with E-state index in [0.29, 0.717) is 11.1 Å². The average molecular weight is 300 g/mol. The molecule has 4 heteroatoms. The minimum absolute atomic E-state index is 0.382. The van der Waals surface area contributed by atoms with E-state index < -0.39 is 0 Å². The first-order valence-corrected chi connectivity index (χ1v) is 4.98. The van der Waals surface area contributed by atoms with E-state index >= 15 is 0 Å². The van der Waals surface area contributed by atoms with Crippen molar-refractivity contribution in [2.45, 2.75) is 0 Å². The minimum Gasteiger partial charge on any atom is -0.423 e. The summed E-state index contributed by atoms with van der Waals surface area (Å²) in [5.74, 6) is 0. The summed E-state index contributed by atoms with van der Waals surface area (Å²) in [5, 5.41) is 0.787. The molecule has 1 heterocycles. The zero-order valence-electron chi connectivity index (χ0n) is 6.99. The molecule has 0 aliphatic heterocycles. The maximum atomic E-state index is 10.9. The van der Waals surface area contributed by atoms with E-state index in [4.69, 9.17) is 4.42 Å². The van der Waals surface area contributed by atoms with Crippen LogP contribution in [0.3, 0.4) is 0 Å². The number of fused-ring (bicyclic) bond motifs is 1. The smallest absolute Gasteiger partial charge is 0.336 e. The highest BCUT2D eigenvalue weighted by Gasteiger charge is 2.05. The SMILES string of the molecule is O=Cc1ccc2oc(=O)ccc2c1I. The number of hydrogen-bond donors (Lipinski definition) is 0. The molecule has 0 aliphatic rings. The Morgan fingerprint density at radius 1 is 1.21 bits per heavy atom. The monoisotopic (exact) mass is 300 g/mol. The van der Waals surface area contributed by atoms with Crippen LogP contribution >= 0.6 is 22.6 Å². The van der Waals surface area contributed by atoms with Crippen LogP contribution in [0.1, 0.15) is 10.4 Å². The summed E-state index contributed by atoms with van der Waals surface area (Å²) in [6.07, 6.45) is 0.784. The van der Waals surface area contributed by atoms with Gasteiger partial charge in [0, 0.05) is 20.6 Å². The molecule has 0 fully saturated rings. The third-order valence-corrected chi connectivity index (χ3v) is 3.10. The van der Waals surface area contributed by atoms with Crippen molar-refractivity contribution in [1.29, 1.82) is 0 Å². The molecule has 70 valence electrons. The van der Waals surface area contributed by atoms with Gasteiger partial charge in [-0.25, -0.2) is 4.79 Å².